The van der Waals surface area contributed by atoms with Crippen LogP contribution in [0.25, 0.3) is 16.9 Å². The zero-order valence-electron chi connectivity index (χ0n) is 12.1. The molecule has 0 amide bonds. The summed E-state index contributed by atoms with van der Waals surface area (Å²) < 4.78 is 3.17. The van der Waals surface area contributed by atoms with Crippen molar-refractivity contribution in [3.8, 4) is 5.69 Å². The second kappa shape index (κ2) is 5.43. The highest BCUT2D eigenvalue weighted by Gasteiger charge is 2.18. The van der Waals surface area contributed by atoms with Crippen molar-refractivity contribution < 1.29 is 0 Å². The summed E-state index contributed by atoms with van der Waals surface area (Å²) in [7, 11) is 0. The Balaban J connectivity index is 2.35. The third-order valence-corrected chi connectivity index (χ3v) is 4.92. The Morgan fingerprint density at radius 2 is 1.90 bits per heavy atom. The molecular weight excluding hydrogens is 350 g/mol. The van der Waals surface area contributed by atoms with Gasteiger partial charge in [0.15, 0.2) is 5.65 Å². The molecule has 21 heavy (non-hydrogen) atoms. The highest BCUT2D eigenvalue weighted by Crippen LogP contribution is 2.30. The number of nitrogens with zero attached hydrogens (tertiary/aromatic N) is 3. The topological polar surface area (TPSA) is 30.7 Å². The van der Waals surface area contributed by atoms with Gasteiger partial charge in [0.1, 0.15) is 11.3 Å². The number of aryl methyl sites for hydroxylation is 2. The van der Waals surface area contributed by atoms with Gasteiger partial charge in [-0.15, -0.1) is 11.6 Å². The van der Waals surface area contributed by atoms with E-state index in [1.807, 2.05) is 23.6 Å². The first-order chi connectivity index (χ1) is 9.99. The van der Waals surface area contributed by atoms with E-state index in [0.717, 1.165) is 27.1 Å². The summed E-state index contributed by atoms with van der Waals surface area (Å²) in [5, 5.41) is -0.191. The van der Waals surface area contributed by atoms with Crippen LogP contribution < -0.4 is 0 Å². The average Bonchev–Trinajstić information content (AvgIpc) is 2.84. The predicted octanol–water partition coefficient (Wildman–Crippen LogP) is 5.10. The van der Waals surface area contributed by atoms with Crippen LogP contribution in [0.2, 0.25) is 0 Å². The Morgan fingerprint density at radius 3 is 2.52 bits per heavy atom. The minimum Gasteiger partial charge on any atom is -0.279 e. The predicted molar refractivity (Wildman–Crippen MR) is 90.3 cm³/mol. The number of hydrogen-bond donors (Lipinski definition) is 0. The number of imidazole rings is 1. The molecule has 1 unspecified atom stereocenters. The fraction of sp³-hybridized carbons (Fsp3) is 0.250. The number of hydrogen-bond acceptors (Lipinski definition) is 2. The summed E-state index contributed by atoms with van der Waals surface area (Å²) in [6.45, 7) is 6.09. The quantitative estimate of drug-likeness (QED) is 0.592. The van der Waals surface area contributed by atoms with E-state index in [1.165, 1.54) is 11.1 Å². The molecule has 1 atom stereocenters. The van der Waals surface area contributed by atoms with Crippen molar-refractivity contribution in [3.63, 3.8) is 0 Å². The van der Waals surface area contributed by atoms with E-state index >= 15 is 0 Å². The van der Waals surface area contributed by atoms with Crippen molar-refractivity contribution in [2.24, 2.45) is 0 Å². The summed E-state index contributed by atoms with van der Waals surface area (Å²) in [6.07, 6.45) is 1.78. The second-order valence-electron chi connectivity index (χ2n) is 5.16. The van der Waals surface area contributed by atoms with Gasteiger partial charge in [0.25, 0.3) is 0 Å². The molecule has 108 valence electrons. The van der Waals surface area contributed by atoms with Gasteiger partial charge in [0.05, 0.1) is 5.38 Å². The minimum absolute atomic E-state index is 0.191. The number of alkyl halides is 1. The Hall–Kier alpha value is -1.39. The van der Waals surface area contributed by atoms with Crippen LogP contribution in [0.3, 0.4) is 0 Å². The molecule has 0 radical (unpaired) electrons. The lowest BCUT2D eigenvalue weighted by molar-refractivity contribution is 0.875. The van der Waals surface area contributed by atoms with Crippen LogP contribution in [-0.4, -0.2) is 14.5 Å². The fourth-order valence-electron chi connectivity index (χ4n) is 2.50. The molecule has 0 bridgehead atoms. The van der Waals surface area contributed by atoms with Gasteiger partial charge in [-0.05, 0) is 56.2 Å². The van der Waals surface area contributed by atoms with E-state index in [2.05, 4.69) is 51.9 Å². The standard InChI is InChI=1S/C16H15BrClN3/c1-9-7-12(8-10(2)14(9)17)21-15(11(3)18)20-13-5-4-6-19-16(13)21/h4-8,11H,1-3H3. The van der Waals surface area contributed by atoms with Gasteiger partial charge in [0, 0.05) is 16.4 Å². The van der Waals surface area contributed by atoms with Crippen LogP contribution in [-0.2, 0) is 0 Å². The zero-order chi connectivity index (χ0) is 15.1. The molecule has 3 nitrogen and oxygen atoms in total. The van der Waals surface area contributed by atoms with Gasteiger partial charge >= 0.3 is 0 Å². The molecule has 0 aliphatic carbocycles. The molecule has 1 aromatic carbocycles. The normalized spacial score (nSPS) is 12.8. The SMILES string of the molecule is Cc1cc(-n2c(C(C)Cl)nc3cccnc32)cc(C)c1Br. The summed E-state index contributed by atoms with van der Waals surface area (Å²) in [6, 6.07) is 8.09. The molecule has 0 aliphatic rings. The lowest BCUT2D eigenvalue weighted by Gasteiger charge is -2.13. The number of rotatable bonds is 2. The second-order valence-corrected chi connectivity index (χ2v) is 6.61. The molecule has 0 saturated carbocycles. The minimum atomic E-state index is -0.191. The van der Waals surface area contributed by atoms with Crippen molar-refractivity contribution in [2.45, 2.75) is 26.1 Å². The van der Waals surface area contributed by atoms with Gasteiger partial charge in [-0.2, -0.15) is 0 Å². The van der Waals surface area contributed by atoms with Gasteiger partial charge in [-0.3, -0.25) is 4.57 Å². The van der Waals surface area contributed by atoms with Gasteiger partial charge in [-0.1, -0.05) is 15.9 Å². The van der Waals surface area contributed by atoms with Crippen molar-refractivity contribution in [3.05, 3.63) is 51.9 Å². The number of pyridine rings is 1. The van der Waals surface area contributed by atoms with Crippen molar-refractivity contribution >= 4 is 38.7 Å². The molecule has 2 heterocycles. The van der Waals surface area contributed by atoms with E-state index < -0.39 is 0 Å². The van der Waals surface area contributed by atoms with Crippen LogP contribution >= 0.6 is 27.5 Å². The van der Waals surface area contributed by atoms with Crippen LogP contribution in [0, 0.1) is 13.8 Å². The third kappa shape index (κ3) is 2.47. The van der Waals surface area contributed by atoms with Crippen LogP contribution in [0.4, 0.5) is 0 Å². The van der Waals surface area contributed by atoms with Gasteiger partial charge in [0.2, 0.25) is 0 Å². The van der Waals surface area contributed by atoms with Crippen LogP contribution in [0.1, 0.15) is 29.3 Å². The maximum absolute atomic E-state index is 6.32. The first-order valence-corrected chi connectivity index (χ1v) is 7.96. The molecule has 0 fully saturated rings. The zero-order valence-corrected chi connectivity index (χ0v) is 14.4. The first-order valence-electron chi connectivity index (χ1n) is 6.73. The molecule has 3 aromatic rings. The third-order valence-electron chi connectivity index (χ3n) is 3.48. The highest BCUT2D eigenvalue weighted by molar-refractivity contribution is 9.10. The van der Waals surface area contributed by atoms with Crippen LogP contribution in [0.15, 0.2) is 34.9 Å². The lowest BCUT2D eigenvalue weighted by Crippen LogP contribution is -2.03. The molecule has 3 rings (SSSR count). The molecule has 2 aromatic heterocycles. The number of aromatic nitrogens is 3. The molecule has 0 N–H and O–H groups in total. The Bertz CT molecular complexity index is 800. The molecule has 0 spiro atoms. The molecular formula is C16H15BrClN3. The fourth-order valence-corrected chi connectivity index (χ4v) is 2.88. The summed E-state index contributed by atoms with van der Waals surface area (Å²) >= 11 is 9.93. The Labute approximate surface area is 137 Å². The maximum atomic E-state index is 6.32. The van der Waals surface area contributed by atoms with Gasteiger partial charge in [-0.25, -0.2) is 9.97 Å². The highest BCUT2D eigenvalue weighted by atomic mass is 79.9. The Morgan fingerprint density at radius 1 is 1.24 bits per heavy atom. The number of fused-ring (bicyclic) bond motifs is 1. The summed E-state index contributed by atoms with van der Waals surface area (Å²) in [5.74, 6) is 0.812. The first kappa shape index (κ1) is 14.5. The van der Waals surface area contributed by atoms with E-state index in [1.54, 1.807) is 6.20 Å². The Kier molecular flexibility index (Phi) is 3.76. The van der Waals surface area contributed by atoms with Crippen LogP contribution in [0.5, 0.6) is 0 Å². The van der Waals surface area contributed by atoms with E-state index in [4.69, 9.17) is 11.6 Å². The van der Waals surface area contributed by atoms with Gasteiger partial charge < -0.3 is 0 Å². The van der Waals surface area contributed by atoms with Crippen molar-refractivity contribution in [1.29, 1.82) is 0 Å². The van der Waals surface area contributed by atoms with E-state index in [0.29, 0.717) is 0 Å². The summed E-state index contributed by atoms with van der Waals surface area (Å²) in [5.41, 5.74) is 5.09. The van der Waals surface area contributed by atoms with Crippen molar-refractivity contribution in [1.82, 2.24) is 14.5 Å². The largest absolute Gasteiger partial charge is 0.279 e. The summed E-state index contributed by atoms with van der Waals surface area (Å²) in [4.78, 5) is 9.10. The number of benzene rings is 1. The van der Waals surface area contributed by atoms with E-state index in [-0.39, 0.29) is 5.38 Å². The van der Waals surface area contributed by atoms with Crippen molar-refractivity contribution in [2.75, 3.05) is 0 Å². The van der Waals surface area contributed by atoms with E-state index in [9.17, 15) is 0 Å². The lowest BCUT2D eigenvalue weighted by atomic mass is 10.1. The smallest absolute Gasteiger partial charge is 0.164 e. The average molecular weight is 365 g/mol. The maximum Gasteiger partial charge on any atom is 0.164 e. The molecule has 0 aliphatic heterocycles. The monoisotopic (exact) mass is 363 g/mol. The molecule has 0 saturated heterocycles. The molecule has 5 heteroatoms. The number of halogens is 2.